The van der Waals surface area contributed by atoms with Crippen LogP contribution in [-0.2, 0) is 17.9 Å². The third-order valence-electron chi connectivity index (χ3n) is 4.70. The van der Waals surface area contributed by atoms with Gasteiger partial charge in [-0.1, -0.05) is 41.9 Å². The molecule has 0 aliphatic carbocycles. The Balaban J connectivity index is 1.61. The van der Waals surface area contributed by atoms with Crippen LogP contribution in [0.2, 0.25) is 5.15 Å². The van der Waals surface area contributed by atoms with Crippen LogP contribution < -0.4 is 4.74 Å². The summed E-state index contributed by atoms with van der Waals surface area (Å²) in [6.45, 7) is 0.950. The van der Waals surface area contributed by atoms with Crippen LogP contribution in [0.15, 0.2) is 72.3 Å². The van der Waals surface area contributed by atoms with Crippen molar-refractivity contribution in [1.29, 1.82) is 0 Å². The fraction of sp³-hybridized carbons (Fsp3) is 0.130. The molecule has 3 heterocycles. The quantitative estimate of drug-likeness (QED) is 0.368. The van der Waals surface area contributed by atoms with Gasteiger partial charge in [0.25, 0.3) is 0 Å². The molecular formula is C23H20ClN3O2S. The number of hydrogen-bond donors (Lipinski definition) is 0. The number of methoxy groups -OCH3 is 1. The van der Waals surface area contributed by atoms with Crippen LogP contribution >= 0.6 is 22.9 Å². The van der Waals surface area contributed by atoms with Crippen LogP contribution in [0, 0.1) is 0 Å². The normalized spacial score (nSPS) is 11.3. The van der Waals surface area contributed by atoms with Crippen molar-refractivity contribution in [2.75, 3.05) is 7.11 Å². The number of carbonyl (C=O) groups is 1. The van der Waals surface area contributed by atoms with Gasteiger partial charge in [0, 0.05) is 29.3 Å². The van der Waals surface area contributed by atoms with E-state index in [4.69, 9.17) is 16.3 Å². The largest absolute Gasteiger partial charge is 0.496 e. The van der Waals surface area contributed by atoms with Crippen molar-refractivity contribution >= 4 is 40.6 Å². The lowest BCUT2D eigenvalue weighted by Gasteiger charge is -2.22. The van der Waals surface area contributed by atoms with E-state index in [-0.39, 0.29) is 5.91 Å². The molecule has 0 radical (unpaired) electrons. The molecule has 152 valence electrons. The third-order valence-corrected chi connectivity index (χ3v) is 5.84. The molecule has 0 atom stereocenters. The van der Waals surface area contributed by atoms with E-state index >= 15 is 0 Å². The number of benzene rings is 1. The molecule has 3 aromatic heterocycles. The molecule has 4 aromatic rings. The van der Waals surface area contributed by atoms with E-state index in [9.17, 15) is 4.79 Å². The van der Waals surface area contributed by atoms with Gasteiger partial charge < -0.3 is 9.64 Å². The maximum atomic E-state index is 13.1. The fourth-order valence-electron chi connectivity index (χ4n) is 3.23. The maximum absolute atomic E-state index is 13.1. The third kappa shape index (κ3) is 4.40. The number of hydrogen-bond acceptors (Lipinski definition) is 4. The molecule has 0 aliphatic rings. The number of aromatic nitrogens is 2. The topological polar surface area (TPSA) is 46.8 Å². The number of para-hydroxylation sites is 1. The number of nitrogens with zero attached hydrogens (tertiary/aromatic N) is 3. The molecule has 0 fully saturated rings. The Morgan fingerprint density at radius 3 is 2.80 bits per heavy atom. The standard InChI is InChI=1S/C23H20ClN3O2S/c1-29-20-9-3-2-7-17(20)15-26(16-18-8-6-14-30-18)22(28)12-11-19-23(24)25-21-10-4-5-13-27(19)21/h2-14H,15-16H2,1H3. The summed E-state index contributed by atoms with van der Waals surface area (Å²) in [5.74, 6) is 0.645. The first-order valence-electron chi connectivity index (χ1n) is 9.39. The van der Waals surface area contributed by atoms with Crippen LogP contribution in [-0.4, -0.2) is 27.3 Å². The average molecular weight is 438 g/mol. The molecule has 7 heteroatoms. The van der Waals surface area contributed by atoms with Crippen molar-refractivity contribution in [3.63, 3.8) is 0 Å². The highest BCUT2D eigenvalue weighted by atomic mass is 35.5. The molecule has 0 saturated heterocycles. The van der Waals surface area contributed by atoms with Gasteiger partial charge in [0.2, 0.25) is 5.91 Å². The zero-order chi connectivity index (χ0) is 20.9. The molecule has 30 heavy (non-hydrogen) atoms. The molecule has 5 nitrogen and oxygen atoms in total. The zero-order valence-electron chi connectivity index (χ0n) is 16.4. The first-order chi connectivity index (χ1) is 14.7. The summed E-state index contributed by atoms with van der Waals surface area (Å²) in [5, 5.41) is 2.37. The summed E-state index contributed by atoms with van der Waals surface area (Å²) in [7, 11) is 1.64. The number of imidazole rings is 1. The summed E-state index contributed by atoms with van der Waals surface area (Å²) in [4.78, 5) is 20.4. The zero-order valence-corrected chi connectivity index (χ0v) is 17.9. The van der Waals surface area contributed by atoms with Gasteiger partial charge in [-0.2, -0.15) is 0 Å². The fourth-order valence-corrected chi connectivity index (χ4v) is 4.19. The Morgan fingerprint density at radius 2 is 2.00 bits per heavy atom. The summed E-state index contributed by atoms with van der Waals surface area (Å²) in [6, 6.07) is 17.4. The number of carbonyl (C=O) groups excluding carboxylic acids is 1. The molecule has 0 aliphatic heterocycles. The van der Waals surface area contributed by atoms with Crippen molar-refractivity contribution in [2.45, 2.75) is 13.1 Å². The van der Waals surface area contributed by atoms with E-state index in [0.29, 0.717) is 23.9 Å². The Labute approximate surface area is 183 Å². The molecule has 0 bridgehead atoms. The number of pyridine rings is 1. The predicted octanol–water partition coefficient (Wildman–Crippen LogP) is 5.30. The Bertz CT molecular complexity index is 1180. The van der Waals surface area contributed by atoms with Crippen molar-refractivity contribution in [2.24, 2.45) is 0 Å². The molecule has 0 N–H and O–H groups in total. The van der Waals surface area contributed by atoms with Crippen LogP contribution in [0.1, 0.15) is 16.1 Å². The van der Waals surface area contributed by atoms with E-state index in [1.54, 1.807) is 35.5 Å². The molecule has 1 amide bonds. The average Bonchev–Trinajstić information content (AvgIpc) is 3.38. The van der Waals surface area contributed by atoms with Gasteiger partial charge in [0.15, 0.2) is 5.15 Å². The highest BCUT2D eigenvalue weighted by Gasteiger charge is 2.16. The second kappa shape index (κ2) is 9.15. The molecule has 0 saturated carbocycles. The monoisotopic (exact) mass is 437 g/mol. The van der Waals surface area contributed by atoms with Crippen LogP contribution in [0.4, 0.5) is 0 Å². The van der Waals surface area contributed by atoms with Crippen LogP contribution in [0.3, 0.4) is 0 Å². The lowest BCUT2D eigenvalue weighted by molar-refractivity contribution is -0.127. The minimum Gasteiger partial charge on any atom is -0.496 e. The molecule has 0 unspecified atom stereocenters. The number of thiophene rings is 1. The second-order valence-electron chi connectivity index (χ2n) is 6.64. The van der Waals surface area contributed by atoms with Crippen molar-refractivity contribution in [3.8, 4) is 5.75 Å². The van der Waals surface area contributed by atoms with Gasteiger partial charge in [0.1, 0.15) is 11.4 Å². The SMILES string of the molecule is COc1ccccc1CN(Cc1cccs1)C(=O)C=Cc1c(Cl)nc2ccccn12. The maximum Gasteiger partial charge on any atom is 0.247 e. The van der Waals surface area contributed by atoms with Gasteiger partial charge in [0.05, 0.1) is 19.3 Å². The first-order valence-corrected chi connectivity index (χ1v) is 10.7. The molecule has 4 rings (SSSR count). The molecular weight excluding hydrogens is 418 g/mol. The Kier molecular flexibility index (Phi) is 6.16. The van der Waals surface area contributed by atoms with E-state index in [1.807, 2.05) is 70.6 Å². The van der Waals surface area contributed by atoms with E-state index in [0.717, 1.165) is 21.8 Å². The van der Waals surface area contributed by atoms with Gasteiger partial charge >= 0.3 is 0 Å². The van der Waals surface area contributed by atoms with Crippen molar-refractivity contribution < 1.29 is 9.53 Å². The molecule has 1 aromatic carbocycles. The van der Waals surface area contributed by atoms with E-state index in [1.165, 1.54) is 0 Å². The Morgan fingerprint density at radius 1 is 1.17 bits per heavy atom. The highest BCUT2D eigenvalue weighted by Crippen LogP contribution is 2.23. The van der Waals surface area contributed by atoms with Gasteiger partial charge in [-0.25, -0.2) is 4.98 Å². The number of amides is 1. The first kappa shape index (κ1) is 20.2. The van der Waals surface area contributed by atoms with Crippen LogP contribution in [0.25, 0.3) is 11.7 Å². The van der Waals surface area contributed by atoms with E-state index < -0.39 is 0 Å². The highest BCUT2D eigenvalue weighted by molar-refractivity contribution is 7.09. The number of rotatable bonds is 7. The number of halogens is 1. The summed E-state index contributed by atoms with van der Waals surface area (Å²) < 4.78 is 7.32. The van der Waals surface area contributed by atoms with Crippen molar-refractivity contribution in [1.82, 2.24) is 14.3 Å². The summed E-state index contributed by atoms with van der Waals surface area (Å²) in [5.41, 5.74) is 2.36. The minimum absolute atomic E-state index is 0.115. The van der Waals surface area contributed by atoms with E-state index in [2.05, 4.69) is 4.98 Å². The lowest BCUT2D eigenvalue weighted by atomic mass is 10.2. The number of fused-ring (bicyclic) bond motifs is 1. The smallest absolute Gasteiger partial charge is 0.247 e. The predicted molar refractivity (Wildman–Crippen MR) is 121 cm³/mol. The van der Waals surface area contributed by atoms with Gasteiger partial charge in [-0.05, 0) is 35.7 Å². The van der Waals surface area contributed by atoms with Gasteiger partial charge in [-0.3, -0.25) is 9.20 Å². The summed E-state index contributed by atoms with van der Waals surface area (Å²) >= 11 is 7.92. The van der Waals surface area contributed by atoms with Crippen LogP contribution in [0.5, 0.6) is 5.75 Å². The summed E-state index contributed by atoms with van der Waals surface area (Å²) in [6.07, 6.45) is 5.14. The second-order valence-corrected chi connectivity index (χ2v) is 8.03. The minimum atomic E-state index is -0.115. The van der Waals surface area contributed by atoms with Gasteiger partial charge in [-0.15, -0.1) is 11.3 Å². The van der Waals surface area contributed by atoms with Crippen molar-refractivity contribution in [3.05, 3.63) is 93.5 Å². The number of ether oxygens (including phenoxy) is 1. The Hall–Kier alpha value is -3.09. The lowest BCUT2D eigenvalue weighted by Crippen LogP contribution is -2.28. The molecule has 0 spiro atoms.